The van der Waals surface area contributed by atoms with Gasteiger partial charge in [0.25, 0.3) is 0 Å². The van der Waals surface area contributed by atoms with Gasteiger partial charge in [-0.1, -0.05) is 64.0 Å². The van der Waals surface area contributed by atoms with Gasteiger partial charge in [-0.2, -0.15) is 0 Å². The van der Waals surface area contributed by atoms with Gasteiger partial charge in [0.1, 0.15) is 0 Å². The van der Waals surface area contributed by atoms with Gasteiger partial charge >= 0.3 is 5.97 Å². The number of hydrogen-bond donors (Lipinski definition) is 0. The van der Waals surface area contributed by atoms with Gasteiger partial charge in [0.05, 0.1) is 6.61 Å². The van der Waals surface area contributed by atoms with Crippen LogP contribution >= 0.6 is 0 Å². The second-order valence-electron chi connectivity index (χ2n) is 5.16. The van der Waals surface area contributed by atoms with E-state index in [1.54, 1.807) is 0 Å². The van der Waals surface area contributed by atoms with Crippen molar-refractivity contribution in [2.45, 2.75) is 84.5 Å². The standard InChI is InChI=1S/C17H32O2/c1-3-5-7-9-10-11-12-13-15-17(18)19-16-14-8-6-4-2/h4,6H,3,5,7-16H2,1-2H3/b6-4+. The fraction of sp³-hybridized carbons (Fsp3) is 0.824. The van der Waals surface area contributed by atoms with Gasteiger partial charge in [-0.15, -0.1) is 0 Å². The van der Waals surface area contributed by atoms with E-state index in [1.165, 1.54) is 44.9 Å². The molecule has 0 radical (unpaired) electrons. The molecule has 0 aliphatic heterocycles. The van der Waals surface area contributed by atoms with E-state index in [-0.39, 0.29) is 5.97 Å². The number of allylic oxidation sites excluding steroid dienone is 2. The molecule has 0 N–H and O–H groups in total. The topological polar surface area (TPSA) is 26.3 Å². The van der Waals surface area contributed by atoms with Crippen LogP contribution < -0.4 is 0 Å². The predicted octanol–water partition coefficient (Wildman–Crippen LogP) is 5.42. The summed E-state index contributed by atoms with van der Waals surface area (Å²) in [6.45, 7) is 4.82. The van der Waals surface area contributed by atoms with Gasteiger partial charge in [-0.05, 0) is 26.2 Å². The van der Waals surface area contributed by atoms with Crippen LogP contribution in [0.4, 0.5) is 0 Å². The first-order chi connectivity index (χ1) is 9.31. The number of rotatable bonds is 13. The maximum absolute atomic E-state index is 11.4. The lowest BCUT2D eigenvalue weighted by molar-refractivity contribution is -0.143. The van der Waals surface area contributed by atoms with Gasteiger partial charge in [-0.25, -0.2) is 0 Å². The number of carbonyl (C=O) groups excluding carboxylic acids is 1. The number of esters is 1. The molecule has 0 saturated carbocycles. The van der Waals surface area contributed by atoms with Crippen LogP contribution in [0, 0.1) is 0 Å². The van der Waals surface area contributed by atoms with E-state index in [9.17, 15) is 4.79 Å². The highest BCUT2D eigenvalue weighted by Crippen LogP contribution is 2.09. The third kappa shape index (κ3) is 15.2. The molecule has 0 bridgehead atoms. The van der Waals surface area contributed by atoms with Crippen LogP contribution in [-0.4, -0.2) is 12.6 Å². The molecule has 0 atom stereocenters. The molecule has 2 heteroatoms. The van der Waals surface area contributed by atoms with E-state index < -0.39 is 0 Å². The van der Waals surface area contributed by atoms with E-state index in [2.05, 4.69) is 13.0 Å². The molecule has 19 heavy (non-hydrogen) atoms. The number of ether oxygens (including phenoxy) is 1. The van der Waals surface area contributed by atoms with E-state index in [0.717, 1.165) is 19.3 Å². The summed E-state index contributed by atoms with van der Waals surface area (Å²) in [5.74, 6) is -0.0218. The van der Waals surface area contributed by atoms with E-state index in [4.69, 9.17) is 4.74 Å². The molecule has 0 aromatic heterocycles. The SMILES string of the molecule is C/C=C/CCCOC(=O)CCCCCCCCCC. The number of carbonyl (C=O) groups is 1. The molecule has 2 nitrogen and oxygen atoms in total. The third-order valence-electron chi connectivity index (χ3n) is 3.25. The van der Waals surface area contributed by atoms with Crippen molar-refractivity contribution in [2.75, 3.05) is 6.61 Å². The summed E-state index contributed by atoms with van der Waals surface area (Å²) in [5.41, 5.74) is 0. The maximum Gasteiger partial charge on any atom is 0.305 e. The molecule has 0 aliphatic carbocycles. The van der Waals surface area contributed by atoms with Crippen molar-refractivity contribution in [2.24, 2.45) is 0 Å². The third-order valence-corrected chi connectivity index (χ3v) is 3.25. The highest BCUT2D eigenvalue weighted by atomic mass is 16.5. The normalized spacial score (nSPS) is 11.1. The molecule has 0 spiro atoms. The number of unbranched alkanes of at least 4 members (excludes halogenated alkanes) is 8. The van der Waals surface area contributed by atoms with Gasteiger partial charge in [0, 0.05) is 6.42 Å². The Morgan fingerprint density at radius 3 is 2.21 bits per heavy atom. The fourth-order valence-electron chi connectivity index (χ4n) is 2.03. The molecular weight excluding hydrogens is 236 g/mol. The van der Waals surface area contributed by atoms with Crippen LogP contribution in [0.1, 0.15) is 84.5 Å². The van der Waals surface area contributed by atoms with Crippen LogP contribution in [0.25, 0.3) is 0 Å². The summed E-state index contributed by atoms with van der Waals surface area (Å²) in [4.78, 5) is 11.4. The lowest BCUT2D eigenvalue weighted by Crippen LogP contribution is -2.05. The lowest BCUT2D eigenvalue weighted by atomic mass is 10.1. The molecule has 0 rings (SSSR count). The first kappa shape index (κ1) is 18.2. The molecule has 0 aromatic rings. The number of hydrogen-bond acceptors (Lipinski definition) is 2. The smallest absolute Gasteiger partial charge is 0.305 e. The average molecular weight is 268 g/mol. The summed E-state index contributed by atoms with van der Waals surface area (Å²) in [7, 11) is 0. The van der Waals surface area contributed by atoms with Crippen molar-refractivity contribution in [1.82, 2.24) is 0 Å². The first-order valence-corrected chi connectivity index (χ1v) is 8.08. The monoisotopic (exact) mass is 268 g/mol. The van der Waals surface area contributed by atoms with Gasteiger partial charge < -0.3 is 4.74 Å². The highest BCUT2D eigenvalue weighted by Gasteiger charge is 2.01. The Labute approximate surface area is 119 Å². The Balaban J connectivity index is 3.16. The van der Waals surface area contributed by atoms with Crippen LogP contribution in [0.15, 0.2) is 12.2 Å². The first-order valence-electron chi connectivity index (χ1n) is 8.08. The summed E-state index contributed by atoms with van der Waals surface area (Å²) in [6, 6.07) is 0. The molecule has 112 valence electrons. The zero-order chi connectivity index (χ0) is 14.2. The second-order valence-corrected chi connectivity index (χ2v) is 5.16. The predicted molar refractivity (Wildman–Crippen MR) is 82.2 cm³/mol. The minimum Gasteiger partial charge on any atom is -0.466 e. The summed E-state index contributed by atoms with van der Waals surface area (Å²) >= 11 is 0. The lowest BCUT2D eigenvalue weighted by Gasteiger charge is -2.04. The summed E-state index contributed by atoms with van der Waals surface area (Å²) < 4.78 is 5.18. The molecule has 0 unspecified atom stereocenters. The summed E-state index contributed by atoms with van der Waals surface area (Å²) in [5, 5.41) is 0. The zero-order valence-corrected chi connectivity index (χ0v) is 13.0. The molecule has 0 heterocycles. The molecule has 0 aromatic carbocycles. The van der Waals surface area contributed by atoms with Crippen molar-refractivity contribution >= 4 is 5.97 Å². The van der Waals surface area contributed by atoms with Crippen LogP contribution in [-0.2, 0) is 9.53 Å². The van der Waals surface area contributed by atoms with E-state index in [1.807, 2.05) is 13.0 Å². The molecule has 0 fully saturated rings. The average Bonchev–Trinajstić information content (AvgIpc) is 2.41. The van der Waals surface area contributed by atoms with Crippen molar-refractivity contribution in [3.05, 3.63) is 12.2 Å². The fourth-order valence-corrected chi connectivity index (χ4v) is 2.03. The Bertz CT molecular complexity index is 221. The Kier molecular flexibility index (Phi) is 14.6. The quantitative estimate of drug-likeness (QED) is 0.253. The van der Waals surface area contributed by atoms with Crippen molar-refractivity contribution in [3.8, 4) is 0 Å². The van der Waals surface area contributed by atoms with Crippen molar-refractivity contribution in [1.29, 1.82) is 0 Å². The summed E-state index contributed by atoms with van der Waals surface area (Å²) in [6.07, 6.45) is 16.8. The zero-order valence-electron chi connectivity index (χ0n) is 13.0. The molecule has 0 aliphatic rings. The van der Waals surface area contributed by atoms with Crippen molar-refractivity contribution in [3.63, 3.8) is 0 Å². The Morgan fingerprint density at radius 1 is 0.947 bits per heavy atom. The maximum atomic E-state index is 11.4. The van der Waals surface area contributed by atoms with Crippen molar-refractivity contribution < 1.29 is 9.53 Å². The molecule has 0 amide bonds. The van der Waals surface area contributed by atoms with Gasteiger partial charge in [0.15, 0.2) is 0 Å². The minimum atomic E-state index is -0.0218. The van der Waals surface area contributed by atoms with Crippen LogP contribution in [0.3, 0.4) is 0 Å². The second kappa shape index (κ2) is 15.3. The Morgan fingerprint density at radius 2 is 1.58 bits per heavy atom. The minimum absolute atomic E-state index is 0.0218. The van der Waals surface area contributed by atoms with Gasteiger partial charge in [-0.3, -0.25) is 4.79 Å². The van der Waals surface area contributed by atoms with Gasteiger partial charge in [0.2, 0.25) is 0 Å². The van der Waals surface area contributed by atoms with E-state index in [0.29, 0.717) is 13.0 Å². The highest BCUT2D eigenvalue weighted by molar-refractivity contribution is 5.69. The van der Waals surface area contributed by atoms with E-state index >= 15 is 0 Å². The largest absolute Gasteiger partial charge is 0.466 e. The molecule has 0 saturated heterocycles. The molecular formula is C17H32O2. The van der Waals surface area contributed by atoms with Crippen LogP contribution in [0.5, 0.6) is 0 Å². The van der Waals surface area contributed by atoms with Crippen LogP contribution in [0.2, 0.25) is 0 Å². The Hall–Kier alpha value is -0.790.